The number of unbranched alkanes of at least 4 members (excludes halogenated alkanes) is 14. The van der Waals surface area contributed by atoms with E-state index >= 15 is 0 Å². The van der Waals surface area contributed by atoms with Crippen molar-refractivity contribution in [3.05, 3.63) is 0 Å². The van der Waals surface area contributed by atoms with Gasteiger partial charge in [-0.1, -0.05) is 115 Å². The zero-order valence-electron chi connectivity index (χ0n) is 18.1. The molecule has 1 rings (SSSR count). The van der Waals surface area contributed by atoms with E-state index in [2.05, 4.69) is 41.7 Å². The fourth-order valence-corrected chi connectivity index (χ4v) is 3.88. The van der Waals surface area contributed by atoms with Crippen molar-refractivity contribution in [3.63, 3.8) is 0 Å². The number of rotatable bonds is 18. The maximum absolute atomic E-state index is 4.04. The summed E-state index contributed by atoms with van der Waals surface area (Å²) in [6.07, 6.45) is 23.8. The van der Waals surface area contributed by atoms with Crippen LogP contribution in [0.15, 0.2) is 10.3 Å². The fraction of sp³-hybridized carbons (Fsp3) is 1.00. The van der Waals surface area contributed by atoms with E-state index in [0.717, 1.165) is 6.42 Å². The predicted molar refractivity (Wildman–Crippen MR) is 113 cm³/mol. The van der Waals surface area contributed by atoms with Gasteiger partial charge in [0.15, 0.2) is 0 Å². The molecule has 0 aliphatic carbocycles. The standard InChI is InChI=1S/C22H46N4/c1-4-6-7-8-9-10-11-12-13-14-15-16-17-18-19-20-22(3,5-2)26-21-23-24-25-26/h4-21H2,1-3H3,(H,23,25). The van der Waals surface area contributed by atoms with Crippen LogP contribution in [0.3, 0.4) is 0 Å². The summed E-state index contributed by atoms with van der Waals surface area (Å²) in [5, 5.41) is 10.1. The van der Waals surface area contributed by atoms with Crippen LogP contribution in [0.5, 0.6) is 0 Å². The van der Waals surface area contributed by atoms with Crippen molar-refractivity contribution in [3.8, 4) is 0 Å². The molecule has 1 N–H and O–H groups in total. The molecule has 154 valence electrons. The second-order valence-corrected chi connectivity index (χ2v) is 8.46. The molecule has 1 aliphatic heterocycles. The molecular weight excluding hydrogens is 320 g/mol. The van der Waals surface area contributed by atoms with Crippen molar-refractivity contribution in [2.24, 2.45) is 10.3 Å². The van der Waals surface area contributed by atoms with Crippen molar-refractivity contribution in [1.29, 1.82) is 0 Å². The highest BCUT2D eigenvalue weighted by atomic mass is 15.8. The normalized spacial score (nSPS) is 16.7. The third-order valence-electron chi connectivity index (χ3n) is 6.17. The molecule has 0 aromatic rings. The summed E-state index contributed by atoms with van der Waals surface area (Å²) in [7, 11) is 0. The molecule has 0 aromatic heterocycles. The number of hydrogen-bond acceptors (Lipinski definition) is 4. The van der Waals surface area contributed by atoms with Gasteiger partial charge < -0.3 is 0 Å². The summed E-state index contributed by atoms with van der Waals surface area (Å²) >= 11 is 0. The second kappa shape index (κ2) is 15.4. The second-order valence-electron chi connectivity index (χ2n) is 8.46. The van der Waals surface area contributed by atoms with Gasteiger partial charge in [-0.25, -0.2) is 5.53 Å². The lowest BCUT2D eigenvalue weighted by Gasteiger charge is -2.36. The Kier molecular flexibility index (Phi) is 13.9. The molecule has 26 heavy (non-hydrogen) atoms. The van der Waals surface area contributed by atoms with E-state index in [9.17, 15) is 0 Å². The first-order valence-electron chi connectivity index (χ1n) is 11.6. The van der Waals surface area contributed by atoms with Crippen LogP contribution in [0.4, 0.5) is 0 Å². The maximum atomic E-state index is 4.04. The molecule has 0 aromatic carbocycles. The SMILES string of the molecule is CCCCCCCCCCCCCCCCCC(C)(CC)N1CN=NN1. The van der Waals surface area contributed by atoms with Gasteiger partial charge in [-0.3, -0.25) is 0 Å². The highest BCUT2D eigenvalue weighted by molar-refractivity contribution is 4.83. The zero-order valence-corrected chi connectivity index (χ0v) is 18.1. The Morgan fingerprint density at radius 1 is 0.731 bits per heavy atom. The minimum atomic E-state index is 0.194. The molecule has 1 atom stereocenters. The molecule has 0 radical (unpaired) electrons. The molecule has 1 aliphatic rings. The number of hydrogen-bond donors (Lipinski definition) is 1. The maximum Gasteiger partial charge on any atom is 0.134 e. The van der Waals surface area contributed by atoms with Crippen LogP contribution >= 0.6 is 0 Å². The van der Waals surface area contributed by atoms with Crippen molar-refractivity contribution in [1.82, 2.24) is 10.5 Å². The first-order valence-corrected chi connectivity index (χ1v) is 11.6. The van der Waals surface area contributed by atoms with Crippen LogP contribution in [0.2, 0.25) is 0 Å². The highest BCUT2D eigenvalue weighted by Crippen LogP contribution is 2.26. The predicted octanol–water partition coefficient (Wildman–Crippen LogP) is 7.56. The van der Waals surface area contributed by atoms with E-state index in [1.54, 1.807) is 0 Å². The molecule has 1 heterocycles. The number of hydrazine groups is 1. The summed E-state index contributed by atoms with van der Waals surface area (Å²) in [4.78, 5) is 0. The van der Waals surface area contributed by atoms with Gasteiger partial charge in [0.25, 0.3) is 0 Å². The van der Waals surface area contributed by atoms with E-state index in [-0.39, 0.29) is 5.54 Å². The van der Waals surface area contributed by atoms with Gasteiger partial charge in [-0.05, 0) is 19.8 Å². The first kappa shape index (κ1) is 23.4. The van der Waals surface area contributed by atoms with Crippen LogP contribution in [0.1, 0.15) is 130 Å². The van der Waals surface area contributed by atoms with Crippen LogP contribution in [-0.2, 0) is 0 Å². The summed E-state index contributed by atoms with van der Waals surface area (Å²) in [5.41, 5.74) is 3.24. The third-order valence-corrected chi connectivity index (χ3v) is 6.17. The van der Waals surface area contributed by atoms with Gasteiger partial charge >= 0.3 is 0 Å². The van der Waals surface area contributed by atoms with Gasteiger partial charge in [0.1, 0.15) is 6.67 Å². The average Bonchev–Trinajstić information content (AvgIpc) is 3.20. The number of nitrogens with one attached hydrogen (secondary N) is 1. The molecule has 0 spiro atoms. The lowest BCUT2D eigenvalue weighted by molar-refractivity contribution is 0.0592. The quantitative estimate of drug-likeness (QED) is 0.254. The van der Waals surface area contributed by atoms with Crippen molar-refractivity contribution < 1.29 is 0 Å². The zero-order chi connectivity index (χ0) is 18.9. The summed E-state index contributed by atoms with van der Waals surface area (Å²) in [5.74, 6) is 0. The first-order chi connectivity index (χ1) is 12.7. The van der Waals surface area contributed by atoms with Crippen LogP contribution in [0.25, 0.3) is 0 Å². The molecular formula is C22H46N4. The molecule has 4 heteroatoms. The molecule has 4 nitrogen and oxygen atoms in total. The Balaban J connectivity index is 1.83. The topological polar surface area (TPSA) is 40.0 Å². The van der Waals surface area contributed by atoms with Gasteiger partial charge in [0.05, 0.1) is 0 Å². The number of nitrogens with zero attached hydrogens (tertiary/aromatic N) is 3. The van der Waals surface area contributed by atoms with E-state index < -0.39 is 0 Å². The van der Waals surface area contributed by atoms with Gasteiger partial charge in [-0.2, -0.15) is 10.1 Å². The molecule has 0 saturated carbocycles. The smallest absolute Gasteiger partial charge is 0.134 e. The van der Waals surface area contributed by atoms with Crippen LogP contribution in [0, 0.1) is 0 Å². The Bertz CT molecular complexity index is 337. The molecule has 0 fully saturated rings. The molecule has 0 bridgehead atoms. The minimum absolute atomic E-state index is 0.194. The molecule has 1 unspecified atom stereocenters. The van der Waals surface area contributed by atoms with Crippen molar-refractivity contribution in [2.45, 2.75) is 135 Å². The summed E-state index contributed by atoms with van der Waals surface area (Å²) < 4.78 is 0. The average molecular weight is 367 g/mol. The largest absolute Gasteiger partial charge is 0.219 e. The Hall–Kier alpha value is -0.640. The monoisotopic (exact) mass is 366 g/mol. The van der Waals surface area contributed by atoms with Crippen molar-refractivity contribution in [2.75, 3.05) is 6.67 Å². The van der Waals surface area contributed by atoms with Gasteiger partial charge in [0, 0.05) is 5.54 Å². The Morgan fingerprint density at radius 3 is 1.58 bits per heavy atom. The van der Waals surface area contributed by atoms with E-state index in [1.165, 1.54) is 103 Å². The minimum Gasteiger partial charge on any atom is -0.219 e. The van der Waals surface area contributed by atoms with E-state index in [0.29, 0.717) is 6.67 Å². The Morgan fingerprint density at radius 2 is 1.19 bits per heavy atom. The van der Waals surface area contributed by atoms with Gasteiger partial charge in [-0.15, -0.1) is 0 Å². The summed E-state index contributed by atoms with van der Waals surface area (Å²) in [6, 6.07) is 0. The van der Waals surface area contributed by atoms with Crippen LogP contribution < -0.4 is 5.53 Å². The van der Waals surface area contributed by atoms with E-state index in [1.807, 2.05) is 0 Å². The highest BCUT2D eigenvalue weighted by Gasteiger charge is 2.31. The van der Waals surface area contributed by atoms with Gasteiger partial charge in [0.2, 0.25) is 0 Å². The van der Waals surface area contributed by atoms with E-state index in [4.69, 9.17) is 0 Å². The van der Waals surface area contributed by atoms with Crippen molar-refractivity contribution >= 4 is 0 Å². The molecule has 0 amide bonds. The summed E-state index contributed by atoms with van der Waals surface area (Å²) in [6.45, 7) is 7.59. The lowest BCUT2D eigenvalue weighted by Crippen LogP contribution is -2.49. The lowest BCUT2D eigenvalue weighted by atomic mass is 9.90. The Labute approximate surface area is 163 Å². The van der Waals surface area contributed by atoms with Crippen LogP contribution in [-0.4, -0.2) is 17.2 Å². The fourth-order valence-electron chi connectivity index (χ4n) is 3.88. The molecule has 0 saturated heterocycles. The third kappa shape index (κ3) is 10.5.